The van der Waals surface area contributed by atoms with Gasteiger partial charge in [0.1, 0.15) is 0 Å². The van der Waals surface area contributed by atoms with Crippen LogP contribution in [0.1, 0.15) is 25.3 Å². The number of aliphatic hydroxyl groups is 1. The van der Waals surface area contributed by atoms with Crippen molar-refractivity contribution >= 4 is 12.2 Å². The molecule has 0 radical (unpaired) electrons. The van der Waals surface area contributed by atoms with E-state index in [9.17, 15) is 9.90 Å². The van der Waals surface area contributed by atoms with E-state index in [0.717, 1.165) is 11.1 Å². The Hall–Kier alpha value is -2.14. The Morgan fingerprint density at radius 1 is 1.38 bits per heavy atom. The second-order valence-electron chi connectivity index (χ2n) is 4.79. The molecule has 0 spiro atoms. The quantitative estimate of drug-likeness (QED) is 0.814. The van der Waals surface area contributed by atoms with Gasteiger partial charge in [-0.15, -0.1) is 0 Å². The smallest absolute Gasteiger partial charge is 0.306 e. The van der Waals surface area contributed by atoms with Gasteiger partial charge in [-0.3, -0.25) is 4.79 Å². The van der Waals surface area contributed by atoms with Crippen molar-refractivity contribution in [2.45, 2.75) is 32.7 Å². The summed E-state index contributed by atoms with van der Waals surface area (Å²) in [5, 5.41) is 9.90. The molecule has 1 unspecified atom stereocenters. The molecule has 1 aromatic rings. The van der Waals surface area contributed by atoms with Gasteiger partial charge in [-0.25, -0.2) is 4.99 Å². The van der Waals surface area contributed by atoms with Gasteiger partial charge in [0.15, 0.2) is 0 Å². The maximum atomic E-state index is 11.4. The number of benzene rings is 1. The first-order valence-electron chi connectivity index (χ1n) is 7.06. The topological polar surface area (TPSA) is 62.1 Å². The van der Waals surface area contributed by atoms with Gasteiger partial charge in [0, 0.05) is 25.4 Å². The van der Waals surface area contributed by atoms with Crippen LogP contribution in [0.3, 0.4) is 0 Å². The average molecular weight is 288 g/mol. The zero-order valence-corrected chi connectivity index (χ0v) is 12.1. The lowest BCUT2D eigenvalue weighted by molar-refractivity contribution is -0.143. The number of rotatable bonds is 6. The van der Waals surface area contributed by atoms with Crippen molar-refractivity contribution in [2.75, 3.05) is 6.61 Å². The Bertz CT molecular complexity index is 526. The Morgan fingerprint density at radius 2 is 2.14 bits per heavy atom. The summed E-state index contributed by atoms with van der Waals surface area (Å²) in [6.45, 7) is 2.75. The molecule has 0 aromatic heterocycles. The van der Waals surface area contributed by atoms with E-state index in [1.807, 2.05) is 36.5 Å². The van der Waals surface area contributed by atoms with E-state index in [4.69, 9.17) is 4.74 Å². The van der Waals surface area contributed by atoms with Crippen molar-refractivity contribution in [3.05, 3.63) is 47.7 Å². The highest BCUT2D eigenvalue weighted by Crippen LogP contribution is 2.16. The normalized spacial score (nSPS) is 17.5. The summed E-state index contributed by atoms with van der Waals surface area (Å²) in [5.41, 5.74) is 2.00. The van der Waals surface area contributed by atoms with Gasteiger partial charge in [0.05, 0.1) is 6.61 Å². The number of allylic oxidation sites excluding steroid dienone is 1. The Labute approximate surface area is 124 Å². The van der Waals surface area contributed by atoms with Gasteiger partial charge in [-0.2, -0.15) is 0 Å². The SMILES string of the molecule is CCOC(=O)CCC1=CN(Cc2ccccc2)C(O)N=C1. The van der Waals surface area contributed by atoms with Crippen molar-refractivity contribution in [3.8, 4) is 0 Å². The highest BCUT2D eigenvalue weighted by atomic mass is 16.5. The third-order valence-corrected chi connectivity index (χ3v) is 3.13. The number of hydrogen-bond donors (Lipinski definition) is 1. The van der Waals surface area contributed by atoms with E-state index in [0.29, 0.717) is 26.0 Å². The van der Waals surface area contributed by atoms with Crippen LogP contribution in [0.15, 0.2) is 47.1 Å². The number of aliphatic imine (C=N–C) groups is 1. The molecule has 5 nitrogen and oxygen atoms in total. The zero-order chi connectivity index (χ0) is 15.1. The molecule has 0 saturated carbocycles. The molecule has 0 aliphatic carbocycles. The van der Waals surface area contributed by atoms with Crippen molar-refractivity contribution in [1.82, 2.24) is 4.90 Å². The summed E-state index contributed by atoms with van der Waals surface area (Å²) in [6.07, 6.45) is 3.47. The third-order valence-electron chi connectivity index (χ3n) is 3.13. The summed E-state index contributed by atoms with van der Waals surface area (Å²) < 4.78 is 4.90. The van der Waals surface area contributed by atoms with Crippen LogP contribution in [0.2, 0.25) is 0 Å². The number of hydrogen-bond acceptors (Lipinski definition) is 5. The molecule has 1 aliphatic heterocycles. The van der Waals surface area contributed by atoms with Crippen molar-refractivity contribution in [3.63, 3.8) is 0 Å². The summed E-state index contributed by atoms with van der Waals surface area (Å²) in [5.74, 6) is -0.215. The molecule has 0 amide bonds. The molecule has 1 heterocycles. The molecule has 1 N–H and O–H groups in total. The lowest BCUT2D eigenvalue weighted by Gasteiger charge is -2.27. The van der Waals surface area contributed by atoms with E-state index in [1.54, 1.807) is 18.0 Å². The van der Waals surface area contributed by atoms with Crippen LogP contribution in [0.25, 0.3) is 0 Å². The number of aliphatic hydroxyl groups excluding tert-OH is 1. The summed E-state index contributed by atoms with van der Waals surface area (Å²) in [7, 11) is 0. The second kappa shape index (κ2) is 7.59. The third kappa shape index (κ3) is 4.72. The molecular formula is C16H20N2O3. The van der Waals surface area contributed by atoms with Crippen molar-refractivity contribution in [2.24, 2.45) is 4.99 Å². The predicted molar refractivity (Wildman–Crippen MR) is 80.4 cm³/mol. The van der Waals surface area contributed by atoms with Crippen LogP contribution in [-0.2, 0) is 16.1 Å². The van der Waals surface area contributed by atoms with E-state index in [2.05, 4.69) is 4.99 Å². The van der Waals surface area contributed by atoms with Crippen LogP contribution in [0.5, 0.6) is 0 Å². The molecule has 5 heteroatoms. The average Bonchev–Trinajstić information content (AvgIpc) is 2.49. The minimum atomic E-state index is -0.878. The first-order chi connectivity index (χ1) is 10.2. The molecule has 0 saturated heterocycles. The highest BCUT2D eigenvalue weighted by Gasteiger charge is 2.16. The summed E-state index contributed by atoms with van der Waals surface area (Å²) in [6, 6.07) is 9.86. The maximum absolute atomic E-state index is 11.4. The minimum absolute atomic E-state index is 0.215. The van der Waals surface area contributed by atoms with Crippen molar-refractivity contribution < 1.29 is 14.6 Å². The molecule has 0 fully saturated rings. The Balaban J connectivity index is 1.95. The second-order valence-corrected chi connectivity index (χ2v) is 4.79. The first-order valence-corrected chi connectivity index (χ1v) is 7.06. The molecule has 21 heavy (non-hydrogen) atoms. The molecule has 2 rings (SSSR count). The molecule has 1 aliphatic rings. The molecule has 1 aromatic carbocycles. The van der Waals surface area contributed by atoms with Crippen molar-refractivity contribution in [1.29, 1.82) is 0 Å². The van der Waals surface area contributed by atoms with Crippen LogP contribution in [0, 0.1) is 0 Å². The molecule has 1 atom stereocenters. The fraction of sp³-hybridized carbons (Fsp3) is 0.375. The first kappa shape index (κ1) is 15.3. The lowest BCUT2D eigenvalue weighted by atomic mass is 10.1. The Kier molecular flexibility index (Phi) is 5.51. The lowest BCUT2D eigenvalue weighted by Crippen LogP contribution is -2.31. The maximum Gasteiger partial charge on any atom is 0.306 e. The standard InChI is InChI=1S/C16H20N2O3/c1-2-21-15(19)9-8-14-10-17-16(20)18(12-14)11-13-6-4-3-5-7-13/h3-7,10,12,16,20H,2,8-9,11H2,1H3. The monoisotopic (exact) mass is 288 g/mol. The van der Waals surface area contributed by atoms with Gasteiger partial charge in [-0.05, 0) is 24.5 Å². The van der Waals surface area contributed by atoms with Crippen LogP contribution < -0.4 is 0 Å². The fourth-order valence-corrected chi connectivity index (χ4v) is 2.09. The van der Waals surface area contributed by atoms with Gasteiger partial charge >= 0.3 is 5.97 Å². The fourth-order valence-electron chi connectivity index (χ4n) is 2.09. The van der Waals surface area contributed by atoms with Crippen LogP contribution in [0.4, 0.5) is 0 Å². The zero-order valence-electron chi connectivity index (χ0n) is 12.1. The van der Waals surface area contributed by atoms with Gasteiger partial charge < -0.3 is 14.7 Å². The number of esters is 1. The molecular weight excluding hydrogens is 268 g/mol. The van der Waals surface area contributed by atoms with E-state index in [1.165, 1.54) is 0 Å². The van der Waals surface area contributed by atoms with Crippen LogP contribution >= 0.6 is 0 Å². The van der Waals surface area contributed by atoms with E-state index < -0.39 is 6.35 Å². The Morgan fingerprint density at radius 3 is 2.86 bits per heavy atom. The number of carbonyl (C=O) groups is 1. The van der Waals surface area contributed by atoms with Gasteiger partial charge in [0.2, 0.25) is 6.35 Å². The minimum Gasteiger partial charge on any atom is -0.466 e. The van der Waals surface area contributed by atoms with Gasteiger partial charge in [-0.1, -0.05) is 30.3 Å². The predicted octanol–water partition coefficient (Wildman–Crippen LogP) is 2.08. The molecule has 0 bridgehead atoms. The highest BCUT2D eigenvalue weighted by molar-refractivity contribution is 5.80. The van der Waals surface area contributed by atoms with Crippen LogP contribution in [-0.4, -0.2) is 35.1 Å². The number of nitrogens with zero attached hydrogens (tertiary/aromatic N) is 2. The summed E-state index contributed by atoms with van der Waals surface area (Å²) >= 11 is 0. The number of ether oxygens (including phenoxy) is 1. The van der Waals surface area contributed by atoms with E-state index >= 15 is 0 Å². The number of carbonyl (C=O) groups excluding carboxylic acids is 1. The largest absolute Gasteiger partial charge is 0.466 e. The van der Waals surface area contributed by atoms with Gasteiger partial charge in [0.25, 0.3) is 0 Å². The summed E-state index contributed by atoms with van der Waals surface area (Å²) in [4.78, 5) is 17.2. The molecule has 112 valence electrons. The van der Waals surface area contributed by atoms with E-state index in [-0.39, 0.29) is 5.97 Å².